The van der Waals surface area contributed by atoms with Gasteiger partial charge in [-0.2, -0.15) is 5.26 Å². The zero-order valence-electron chi connectivity index (χ0n) is 18.5. The molecule has 0 spiro atoms. The second kappa shape index (κ2) is 9.99. The highest BCUT2D eigenvalue weighted by atomic mass is 32.1. The van der Waals surface area contributed by atoms with E-state index in [4.69, 9.17) is 0 Å². The van der Waals surface area contributed by atoms with Crippen LogP contribution in [0.2, 0.25) is 0 Å². The maximum Gasteiger partial charge on any atom is 0.273 e. The Morgan fingerprint density at radius 2 is 1.80 bits per heavy atom. The summed E-state index contributed by atoms with van der Waals surface area (Å²) in [5, 5.41) is 23.8. The summed E-state index contributed by atoms with van der Waals surface area (Å²) in [6.45, 7) is 1.82. The van der Waals surface area contributed by atoms with Crippen molar-refractivity contribution < 1.29 is 9.72 Å². The number of thiazole rings is 1. The predicted molar refractivity (Wildman–Crippen MR) is 135 cm³/mol. The fourth-order valence-corrected chi connectivity index (χ4v) is 4.57. The summed E-state index contributed by atoms with van der Waals surface area (Å²) >= 11 is 0.975. The molecule has 0 atom stereocenters. The lowest BCUT2D eigenvalue weighted by atomic mass is 10.2. The summed E-state index contributed by atoms with van der Waals surface area (Å²) in [5.74, 6) is -0.649. The van der Waals surface area contributed by atoms with Crippen molar-refractivity contribution in [2.45, 2.75) is 6.92 Å². The highest BCUT2D eigenvalue weighted by Gasteiger charge is 2.18. The van der Waals surface area contributed by atoms with Gasteiger partial charge >= 0.3 is 0 Å². The van der Waals surface area contributed by atoms with Crippen LogP contribution in [0.15, 0.2) is 83.7 Å². The third kappa shape index (κ3) is 4.93. The molecule has 0 radical (unpaired) electrons. The average Bonchev–Trinajstić information content (AvgIpc) is 3.16. The van der Waals surface area contributed by atoms with Crippen LogP contribution in [0.1, 0.15) is 11.1 Å². The summed E-state index contributed by atoms with van der Waals surface area (Å²) in [6.07, 6.45) is 1.52. The van der Waals surface area contributed by atoms with Crippen LogP contribution in [0.25, 0.3) is 17.3 Å². The van der Waals surface area contributed by atoms with Crippen LogP contribution in [0.3, 0.4) is 0 Å². The van der Waals surface area contributed by atoms with Crippen molar-refractivity contribution in [1.29, 1.82) is 5.26 Å². The van der Waals surface area contributed by atoms with E-state index in [1.165, 1.54) is 28.8 Å². The number of non-ortho nitro benzene ring substituents is 1. The molecule has 35 heavy (non-hydrogen) atoms. The van der Waals surface area contributed by atoms with E-state index in [1.54, 1.807) is 48.5 Å². The first kappa shape index (κ1) is 23.4. The van der Waals surface area contributed by atoms with Gasteiger partial charge in [0.15, 0.2) is 5.57 Å². The molecule has 0 aliphatic carbocycles. The van der Waals surface area contributed by atoms with E-state index in [0.717, 1.165) is 16.9 Å². The molecule has 1 N–H and O–H groups in total. The molecule has 9 heteroatoms. The second-order valence-corrected chi connectivity index (χ2v) is 8.53. The lowest BCUT2D eigenvalue weighted by Gasteiger charge is -2.08. The Bertz CT molecular complexity index is 1660. The minimum atomic E-state index is -0.649. The number of hydrogen-bond acceptors (Lipinski definition) is 6. The molecule has 0 bridgehead atoms. The highest BCUT2D eigenvalue weighted by molar-refractivity contribution is 7.07. The van der Waals surface area contributed by atoms with E-state index < -0.39 is 16.4 Å². The van der Waals surface area contributed by atoms with Gasteiger partial charge in [-0.3, -0.25) is 24.3 Å². The van der Waals surface area contributed by atoms with Crippen LogP contribution in [-0.4, -0.2) is 15.4 Å². The minimum absolute atomic E-state index is 0.110. The number of nitrogens with zero attached hydrogens (tertiary/aromatic N) is 3. The molecule has 172 valence electrons. The Hall–Kier alpha value is -4.81. The average molecular weight is 483 g/mol. The predicted octanol–water partition coefficient (Wildman–Crippen LogP) is 3.26. The Kier molecular flexibility index (Phi) is 6.66. The first-order valence-electron chi connectivity index (χ1n) is 10.4. The van der Waals surface area contributed by atoms with Gasteiger partial charge in [0.25, 0.3) is 17.2 Å². The number of carbonyl (C=O) groups is 1. The van der Waals surface area contributed by atoms with Crippen LogP contribution in [0.4, 0.5) is 11.4 Å². The van der Waals surface area contributed by atoms with E-state index in [9.17, 15) is 25.0 Å². The van der Waals surface area contributed by atoms with E-state index in [1.807, 2.05) is 25.1 Å². The minimum Gasteiger partial charge on any atom is -0.321 e. The standard InChI is InChI=1S/C26H18N4O4S/c1-17-8-5-6-13-22(17)29-25(32)23(15-18-9-7-12-20(14-18)30(33)34)35-26(29)21(16-27)24(31)28-19-10-3-2-4-11-19/h2-15H,1H3,(H,28,31). The number of benzene rings is 3. The number of nitro groups is 1. The summed E-state index contributed by atoms with van der Waals surface area (Å²) in [4.78, 5) is 37.2. The third-order valence-corrected chi connectivity index (χ3v) is 6.24. The van der Waals surface area contributed by atoms with Crippen LogP contribution >= 0.6 is 11.3 Å². The fourth-order valence-electron chi connectivity index (χ4n) is 3.47. The van der Waals surface area contributed by atoms with Crippen LogP contribution < -0.4 is 20.1 Å². The molecule has 4 rings (SSSR count). The Balaban J connectivity index is 1.99. The molecule has 8 nitrogen and oxygen atoms in total. The number of nitriles is 1. The van der Waals surface area contributed by atoms with Gasteiger partial charge in [-0.05, 0) is 42.3 Å². The maximum atomic E-state index is 13.5. The first-order chi connectivity index (χ1) is 16.9. The molecule has 0 saturated carbocycles. The van der Waals surface area contributed by atoms with Crippen molar-refractivity contribution in [2.24, 2.45) is 0 Å². The smallest absolute Gasteiger partial charge is 0.273 e. The lowest BCUT2D eigenvalue weighted by molar-refractivity contribution is -0.384. The zero-order chi connectivity index (χ0) is 24.9. The number of nitrogens with one attached hydrogen (secondary N) is 1. The second-order valence-electron chi connectivity index (χ2n) is 7.50. The number of aromatic nitrogens is 1. The molecule has 0 aliphatic rings. The lowest BCUT2D eigenvalue weighted by Crippen LogP contribution is -2.32. The van der Waals surface area contributed by atoms with Gasteiger partial charge in [-0.1, -0.05) is 48.5 Å². The SMILES string of the molecule is Cc1ccccc1-n1c(=C(C#N)C(=O)Nc2ccccc2)sc(=Cc2cccc([N+](=O)[O-])c2)c1=O. The van der Waals surface area contributed by atoms with Crippen LogP contribution in [-0.2, 0) is 4.79 Å². The van der Waals surface area contributed by atoms with Gasteiger partial charge < -0.3 is 5.32 Å². The van der Waals surface area contributed by atoms with Crippen molar-refractivity contribution >= 4 is 40.3 Å². The summed E-state index contributed by atoms with van der Waals surface area (Å²) in [5.41, 5.74) is 1.49. The molecule has 3 aromatic carbocycles. The van der Waals surface area contributed by atoms with E-state index in [0.29, 0.717) is 16.9 Å². The summed E-state index contributed by atoms with van der Waals surface area (Å²) < 4.78 is 1.73. The molecule has 1 aromatic heterocycles. The quantitative estimate of drug-likeness (QED) is 0.346. The molecular weight excluding hydrogens is 464 g/mol. The summed E-state index contributed by atoms with van der Waals surface area (Å²) in [6, 6.07) is 23.7. The molecule has 1 heterocycles. The number of anilines is 1. The Morgan fingerprint density at radius 1 is 1.09 bits per heavy atom. The highest BCUT2D eigenvalue weighted by Crippen LogP contribution is 2.14. The van der Waals surface area contributed by atoms with Crippen molar-refractivity contribution in [3.05, 3.63) is 120 Å². The monoisotopic (exact) mass is 482 g/mol. The Morgan fingerprint density at radius 3 is 2.49 bits per heavy atom. The number of rotatable bonds is 5. The third-order valence-electron chi connectivity index (χ3n) is 5.14. The van der Waals surface area contributed by atoms with Gasteiger partial charge in [0.1, 0.15) is 10.7 Å². The number of carbonyl (C=O) groups excluding carboxylic acids is 1. The van der Waals surface area contributed by atoms with Gasteiger partial charge in [0.05, 0.1) is 15.1 Å². The van der Waals surface area contributed by atoms with Gasteiger partial charge in [0.2, 0.25) is 0 Å². The van der Waals surface area contributed by atoms with Crippen molar-refractivity contribution in [1.82, 2.24) is 4.57 Å². The first-order valence-corrected chi connectivity index (χ1v) is 11.3. The fraction of sp³-hybridized carbons (Fsp3) is 0.0385. The number of para-hydroxylation sites is 2. The van der Waals surface area contributed by atoms with Crippen molar-refractivity contribution in [2.75, 3.05) is 5.32 Å². The molecule has 4 aromatic rings. The van der Waals surface area contributed by atoms with Gasteiger partial charge in [0, 0.05) is 17.8 Å². The number of nitro benzene ring substituents is 1. The number of hydrogen-bond donors (Lipinski definition) is 1. The number of amides is 1. The molecule has 1 amide bonds. The van der Waals surface area contributed by atoms with Gasteiger partial charge in [-0.15, -0.1) is 11.3 Å². The molecule has 0 unspecified atom stereocenters. The largest absolute Gasteiger partial charge is 0.321 e. The molecular formula is C26H18N4O4S. The number of aryl methyl sites for hydroxylation is 1. The molecule has 0 saturated heterocycles. The zero-order valence-corrected chi connectivity index (χ0v) is 19.3. The molecule has 0 fully saturated rings. The van der Waals surface area contributed by atoms with E-state index in [2.05, 4.69) is 5.32 Å². The maximum absolute atomic E-state index is 13.5. The topological polar surface area (TPSA) is 118 Å². The molecule has 0 aliphatic heterocycles. The van der Waals surface area contributed by atoms with E-state index in [-0.39, 0.29) is 20.5 Å². The normalized spacial score (nSPS) is 12.1. The summed E-state index contributed by atoms with van der Waals surface area (Å²) in [7, 11) is 0. The van der Waals surface area contributed by atoms with Crippen LogP contribution in [0.5, 0.6) is 0 Å². The van der Waals surface area contributed by atoms with Gasteiger partial charge in [-0.25, -0.2) is 0 Å². The van der Waals surface area contributed by atoms with Crippen molar-refractivity contribution in [3.63, 3.8) is 0 Å². The van der Waals surface area contributed by atoms with E-state index >= 15 is 0 Å². The van der Waals surface area contributed by atoms with Crippen LogP contribution in [0, 0.1) is 28.4 Å². The Labute approximate surface area is 203 Å². The van der Waals surface area contributed by atoms with Crippen molar-refractivity contribution in [3.8, 4) is 11.8 Å².